The summed E-state index contributed by atoms with van der Waals surface area (Å²) in [4.78, 5) is 0. The van der Waals surface area contributed by atoms with Crippen LogP contribution in [0.25, 0.3) is 0 Å². The van der Waals surface area contributed by atoms with Gasteiger partial charge in [-0.3, -0.25) is 0 Å². The quantitative estimate of drug-likeness (QED) is 0.627. The summed E-state index contributed by atoms with van der Waals surface area (Å²) in [7, 11) is 2.04. The van der Waals surface area contributed by atoms with E-state index in [1.54, 1.807) is 12.1 Å². The number of likely N-dealkylation sites (N-methyl/N-ethyl adjacent to an activating group) is 1. The van der Waals surface area contributed by atoms with Crippen LogP contribution in [0.3, 0.4) is 0 Å². The Morgan fingerprint density at radius 2 is 1.56 bits per heavy atom. The fraction of sp³-hybridized carbons (Fsp3) is 0.217. The van der Waals surface area contributed by atoms with Gasteiger partial charge in [-0.05, 0) is 73.0 Å². The van der Waals surface area contributed by atoms with Crippen molar-refractivity contribution in [1.29, 1.82) is 0 Å². The van der Waals surface area contributed by atoms with Gasteiger partial charge in [0.25, 0.3) is 0 Å². The molecule has 1 N–H and O–H groups in total. The topological polar surface area (TPSA) is 21.3 Å². The Morgan fingerprint density at radius 1 is 0.926 bits per heavy atom. The van der Waals surface area contributed by atoms with E-state index in [1.165, 1.54) is 28.8 Å². The van der Waals surface area contributed by atoms with Gasteiger partial charge < -0.3 is 10.1 Å². The second-order valence-electron chi connectivity index (χ2n) is 6.81. The van der Waals surface area contributed by atoms with Gasteiger partial charge in [0.1, 0.15) is 17.3 Å². The molecule has 0 amide bonds. The Balaban J connectivity index is 0.00000210. The number of nitrogens with one attached hydrogen (secondary N) is 1. The van der Waals surface area contributed by atoms with Crippen LogP contribution in [-0.2, 0) is 12.8 Å². The van der Waals surface area contributed by atoms with Crippen molar-refractivity contribution in [1.82, 2.24) is 5.32 Å². The molecule has 27 heavy (non-hydrogen) atoms. The first kappa shape index (κ1) is 19.4. The van der Waals surface area contributed by atoms with Crippen LogP contribution in [0.1, 0.15) is 22.6 Å². The van der Waals surface area contributed by atoms with Crippen molar-refractivity contribution in [2.24, 2.45) is 0 Å². The molecule has 3 aromatic carbocycles. The first-order valence-electron chi connectivity index (χ1n) is 9.00. The number of fused-ring (bicyclic) bond motifs is 1. The minimum atomic E-state index is -0.261. The van der Waals surface area contributed by atoms with Gasteiger partial charge in [0.15, 0.2) is 0 Å². The fourth-order valence-electron chi connectivity index (χ4n) is 3.82. The standard InChI is InChI=1S/C23H22FNO.ClH/c1-25-23-15-17-4-2-3-5-21(17)22(23)14-16-6-10-19(11-7-16)26-20-12-8-18(24)9-13-20;/h2-13,22-23,25H,14-15H2,1H3;1H. The first-order valence-corrected chi connectivity index (χ1v) is 9.00. The van der Waals surface area contributed by atoms with Crippen LogP contribution in [0.2, 0.25) is 0 Å². The summed E-state index contributed by atoms with van der Waals surface area (Å²) >= 11 is 0. The number of ether oxygens (including phenoxy) is 1. The van der Waals surface area contributed by atoms with Crippen LogP contribution >= 0.6 is 12.4 Å². The summed E-state index contributed by atoms with van der Waals surface area (Å²) in [5.74, 6) is 1.63. The molecule has 1 aliphatic carbocycles. The number of rotatable bonds is 5. The summed E-state index contributed by atoms with van der Waals surface area (Å²) in [5.41, 5.74) is 4.20. The predicted octanol–water partition coefficient (Wildman–Crippen LogP) is 5.51. The van der Waals surface area contributed by atoms with Gasteiger partial charge >= 0.3 is 0 Å². The molecule has 2 unspecified atom stereocenters. The number of hydrogen-bond donors (Lipinski definition) is 1. The lowest BCUT2D eigenvalue weighted by molar-refractivity contribution is 0.478. The number of benzene rings is 3. The molecule has 0 fully saturated rings. The average molecular weight is 384 g/mol. The normalized spacial score (nSPS) is 17.9. The summed E-state index contributed by atoms with van der Waals surface area (Å²) in [6.07, 6.45) is 2.09. The Bertz CT molecular complexity index is 880. The minimum Gasteiger partial charge on any atom is -0.457 e. The molecular weight excluding hydrogens is 361 g/mol. The maximum absolute atomic E-state index is 13.0. The number of hydrogen-bond acceptors (Lipinski definition) is 2. The molecule has 0 aromatic heterocycles. The highest BCUT2D eigenvalue weighted by Crippen LogP contribution is 2.36. The van der Waals surface area contributed by atoms with Crippen LogP contribution in [0.5, 0.6) is 11.5 Å². The van der Waals surface area contributed by atoms with E-state index >= 15 is 0 Å². The zero-order valence-corrected chi connectivity index (χ0v) is 16.0. The molecule has 0 heterocycles. The Morgan fingerprint density at radius 3 is 2.22 bits per heavy atom. The van der Waals surface area contributed by atoms with Crippen LogP contribution in [-0.4, -0.2) is 13.1 Å². The molecule has 0 radical (unpaired) electrons. The summed E-state index contributed by atoms with van der Waals surface area (Å²) in [6, 6.07) is 23.5. The van der Waals surface area contributed by atoms with Gasteiger partial charge in [-0.1, -0.05) is 36.4 Å². The average Bonchev–Trinajstić information content (AvgIpc) is 3.03. The summed E-state index contributed by atoms with van der Waals surface area (Å²) in [5, 5.41) is 3.47. The fourth-order valence-corrected chi connectivity index (χ4v) is 3.82. The largest absolute Gasteiger partial charge is 0.457 e. The Kier molecular flexibility index (Phi) is 6.15. The molecular formula is C23H23ClFNO. The molecule has 0 aliphatic heterocycles. The molecule has 4 heteroatoms. The van der Waals surface area contributed by atoms with Crippen molar-refractivity contribution in [3.8, 4) is 11.5 Å². The third kappa shape index (κ3) is 4.32. The van der Waals surface area contributed by atoms with E-state index in [0.29, 0.717) is 17.7 Å². The highest BCUT2D eigenvalue weighted by Gasteiger charge is 2.30. The maximum atomic E-state index is 13.0. The lowest BCUT2D eigenvalue weighted by Gasteiger charge is -2.20. The molecule has 140 valence electrons. The van der Waals surface area contributed by atoms with E-state index in [9.17, 15) is 4.39 Å². The van der Waals surface area contributed by atoms with Crippen molar-refractivity contribution in [3.05, 3.63) is 95.3 Å². The van der Waals surface area contributed by atoms with Crippen LogP contribution in [0, 0.1) is 5.82 Å². The first-order chi connectivity index (χ1) is 12.7. The highest BCUT2D eigenvalue weighted by atomic mass is 35.5. The third-order valence-corrected chi connectivity index (χ3v) is 5.18. The lowest BCUT2D eigenvalue weighted by atomic mass is 9.91. The Hall–Kier alpha value is -2.36. The zero-order valence-electron chi connectivity index (χ0n) is 15.2. The van der Waals surface area contributed by atoms with Crippen molar-refractivity contribution < 1.29 is 9.13 Å². The van der Waals surface area contributed by atoms with E-state index in [0.717, 1.165) is 18.6 Å². The second-order valence-corrected chi connectivity index (χ2v) is 6.81. The smallest absolute Gasteiger partial charge is 0.127 e. The van der Waals surface area contributed by atoms with Crippen molar-refractivity contribution in [2.45, 2.75) is 24.8 Å². The van der Waals surface area contributed by atoms with Crippen LogP contribution < -0.4 is 10.1 Å². The molecule has 2 nitrogen and oxygen atoms in total. The van der Waals surface area contributed by atoms with Gasteiger partial charge in [-0.2, -0.15) is 0 Å². The van der Waals surface area contributed by atoms with E-state index in [-0.39, 0.29) is 18.2 Å². The Labute approximate surface area is 165 Å². The van der Waals surface area contributed by atoms with E-state index in [4.69, 9.17) is 4.74 Å². The van der Waals surface area contributed by atoms with E-state index in [1.807, 2.05) is 19.2 Å². The van der Waals surface area contributed by atoms with E-state index < -0.39 is 0 Å². The molecule has 4 rings (SSSR count). The molecule has 2 atom stereocenters. The molecule has 0 saturated heterocycles. The SMILES string of the molecule is CNC1Cc2ccccc2C1Cc1ccc(Oc2ccc(F)cc2)cc1.Cl. The van der Waals surface area contributed by atoms with Crippen LogP contribution in [0.15, 0.2) is 72.8 Å². The maximum Gasteiger partial charge on any atom is 0.127 e. The van der Waals surface area contributed by atoms with Crippen molar-refractivity contribution in [2.75, 3.05) is 7.05 Å². The minimum absolute atomic E-state index is 0. The molecule has 0 saturated carbocycles. The molecule has 0 bridgehead atoms. The van der Waals surface area contributed by atoms with Gasteiger partial charge in [-0.15, -0.1) is 12.4 Å². The van der Waals surface area contributed by atoms with Gasteiger partial charge in [0, 0.05) is 12.0 Å². The van der Waals surface area contributed by atoms with Crippen LogP contribution in [0.4, 0.5) is 4.39 Å². The highest BCUT2D eigenvalue weighted by molar-refractivity contribution is 5.85. The van der Waals surface area contributed by atoms with Gasteiger partial charge in [0.2, 0.25) is 0 Å². The van der Waals surface area contributed by atoms with Gasteiger partial charge in [0.05, 0.1) is 0 Å². The molecule has 0 spiro atoms. The van der Waals surface area contributed by atoms with Crippen molar-refractivity contribution in [3.63, 3.8) is 0 Å². The van der Waals surface area contributed by atoms with E-state index in [2.05, 4.69) is 41.7 Å². The predicted molar refractivity (Wildman–Crippen MR) is 110 cm³/mol. The van der Waals surface area contributed by atoms with Gasteiger partial charge in [-0.25, -0.2) is 4.39 Å². The molecule has 1 aliphatic rings. The number of halogens is 2. The monoisotopic (exact) mass is 383 g/mol. The zero-order chi connectivity index (χ0) is 17.9. The third-order valence-electron chi connectivity index (χ3n) is 5.18. The summed E-state index contributed by atoms with van der Waals surface area (Å²) < 4.78 is 18.8. The second kappa shape index (κ2) is 8.55. The lowest BCUT2D eigenvalue weighted by Crippen LogP contribution is -2.30. The van der Waals surface area contributed by atoms with Crippen molar-refractivity contribution >= 4 is 12.4 Å². The summed E-state index contributed by atoms with van der Waals surface area (Å²) in [6.45, 7) is 0. The molecule has 3 aromatic rings.